The van der Waals surface area contributed by atoms with E-state index in [-0.39, 0.29) is 40.0 Å². The third-order valence-electron chi connectivity index (χ3n) is 7.49. The number of nitrogen functional groups attached to an aromatic ring is 1. The van der Waals surface area contributed by atoms with Gasteiger partial charge in [-0.1, -0.05) is 11.2 Å². The van der Waals surface area contributed by atoms with Gasteiger partial charge < -0.3 is 26.3 Å². The Labute approximate surface area is 248 Å². The van der Waals surface area contributed by atoms with Crippen molar-refractivity contribution in [1.29, 1.82) is 0 Å². The lowest BCUT2D eigenvalue weighted by Crippen LogP contribution is -2.71. The summed E-state index contributed by atoms with van der Waals surface area (Å²) in [7, 11) is 0. The van der Waals surface area contributed by atoms with Gasteiger partial charge in [-0.25, -0.2) is 9.78 Å². The molecule has 0 aromatic carbocycles. The number of pyridine rings is 1. The van der Waals surface area contributed by atoms with Crippen molar-refractivity contribution in [2.45, 2.75) is 49.6 Å². The highest BCUT2D eigenvalue weighted by molar-refractivity contribution is 8.00. The number of hydrogen-bond donors (Lipinski definition) is 4. The number of nitrogens with one attached hydrogen (secondary N) is 2. The molecule has 3 fully saturated rings. The molecule has 3 amide bonds. The van der Waals surface area contributed by atoms with Gasteiger partial charge in [0, 0.05) is 40.6 Å². The number of aliphatic carboxylic acids is 1. The third-order valence-corrected chi connectivity index (χ3v) is 9.45. The standard InChI is InChI=1S/C27H27N7O6S2/c28-27-31-17(12-42-27)19(33-40-13-5-1-2-6-13)23(36)32-20-24(37)34-21(26(38)39)15(11-41-25(20)34)18(14-8-10-30-22(14)35)16-7-3-4-9-29-16/h3-4,7,9,12-13,20,25H,1-2,5-6,8,10-11H2,(H2,28,31)(H,30,35)(H,32,36)(H,38,39)/t20-,25-/m1/s1. The Hall–Kier alpha value is -4.24. The lowest BCUT2D eigenvalue weighted by Gasteiger charge is -2.49. The number of fused-ring (bicyclic) bond motifs is 1. The van der Waals surface area contributed by atoms with Gasteiger partial charge in [0.15, 0.2) is 10.8 Å². The molecule has 0 spiro atoms. The summed E-state index contributed by atoms with van der Waals surface area (Å²) in [5.74, 6) is -2.70. The number of amides is 3. The highest BCUT2D eigenvalue weighted by Crippen LogP contribution is 2.45. The van der Waals surface area contributed by atoms with E-state index in [1.165, 1.54) is 16.7 Å². The van der Waals surface area contributed by atoms with Crippen molar-refractivity contribution in [1.82, 2.24) is 25.5 Å². The van der Waals surface area contributed by atoms with E-state index in [1.54, 1.807) is 29.8 Å². The molecular formula is C27H27N7O6S2. The van der Waals surface area contributed by atoms with Gasteiger partial charge in [0.2, 0.25) is 5.91 Å². The van der Waals surface area contributed by atoms with Crippen LogP contribution in [0.4, 0.5) is 5.13 Å². The van der Waals surface area contributed by atoms with Crippen LogP contribution < -0.4 is 16.4 Å². The molecule has 0 unspecified atom stereocenters. The van der Waals surface area contributed by atoms with Crippen molar-refractivity contribution in [2.75, 3.05) is 18.0 Å². The molecule has 0 radical (unpaired) electrons. The molecule has 1 aliphatic carbocycles. The van der Waals surface area contributed by atoms with Crippen molar-refractivity contribution < 1.29 is 29.1 Å². The third kappa shape index (κ3) is 5.13. The van der Waals surface area contributed by atoms with E-state index in [4.69, 9.17) is 10.6 Å². The van der Waals surface area contributed by atoms with Crippen molar-refractivity contribution in [3.05, 3.63) is 58.0 Å². The number of hydrogen-bond acceptors (Lipinski definition) is 11. The Morgan fingerprint density at radius 3 is 2.67 bits per heavy atom. The molecule has 0 bridgehead atoms. The number of aromatic nitrogens is 2. The first-order chi connectivity index (χ1) is 20.3. The second-order valence-corrected chi connectivity index (χ2v) is 12.1. The van der Waals surface area contributed by atoms with Crippen molar-refractivity contribution in [2.24, 2.45) is 5.16 Å². The largest absolute Gasteiger partial charge is 0.477 e. The predicted molar refractivity (Wildman–Crippen MR) is 155 cm³/mol. The van der Waals surface area contributed by atoms with Gasteiger partial charge in [-0.15, -0.1) is 23.1 Å². The molecule has 13 nitrogen and oxygen atoms in total. The molecule has 3 aliphatic heterocycles. The number of β-lactam (4-membered cyclic amide) rings is 1. The zero-order valence-corrected chi connectivity index (χ0v) is 23.9. The maximum atomic E-state index is 13.5. The highest BCUT2D eigenvalue weighted by atomic mass is 32.2. The Morgan fingerprint density at radius 1 is 1.21 bits per heavy atom. The summed E-state index contributed by atoms with van der Waals surface area (Å²) < 4.78 is 0. The van der Waals surface area contributed by atoms with Crippen LogP contribution in [0, 0.1) is 0 Å². The summed E-state index contributed by atoms with van der Waals surface area (Å²) in [6.07, 6.45) is 5.55. The second-order valence-electron chi connectivity index (χ2n) is 10.1. The van der Waals surface area contributed by atoms with Crippen LogP contribution in [-0.2, 0) is 24.0 Å². The van der Waals surface area contributed by atoms with Crippen LogP contribution in [0.5, 0.6) is 0 Å². The van der Waals surface area contributed by atoms with Gasteiger partial charge >= 0.3 is 5.97 Å². The van der Waals surface area contributed by atoms with E-state index in [9.17, 15) is 24.3 Å². The maximum absolute atomic E-state index is 13.5. The van der Waals surface area contributed by atoms with Gasteiger partial charge in [0.25, 0.3) is 11.8 Å². The number of nitrogens with two attached hydrogens (primary N) is 1. The van der Waals surface area contributed by atoms with Gasteiger partial charge in [-0.3, -0.25) is 24.3 Å². The smallest absolute Gasteiger partial charge is 0.352 e. The Morgan fingerprint density at radius 2 is 2.02 bits per heavy atom. The topological polar surface area (TPSA) is 189 Å². The van der Waals surface area contributed by atoms with E-state index in [1.807, 2.05) is 0 Å². The zero-order valence-electron chi connectivity index (χ0n) is 22.2. The molecule has 5 N–H and O–H groups in total. The minimum atomic E-state index is -1.31. The number of carboxylic acids is 1. The fourth-order valence-electron chi connectivity index (χ4n) is 5.50. The van der Waals surface area contributed by atoms with Crippen LogP contribution in [0.25, 0.3) is 5.57 Å². The molecular weight excluding hydrogens is 582 g/mol. The average molecular weight is 610 g/mol. The van der Waals surface area contributed by atoms with Crippen molar-refractivity contribution in [3.8, 4) is 0 Å². The molecule has 2 atom stereocenters. The van der Waals surface area contributed by atoms with E-state index >= 15 is 0 Å². The fraction of sp³-hybridized carbons (Fsp3) is 0.370. The van der Waals surface area contributed by atoms with Crippen LogP contribution in [0.2, 0.25) is 0 Å². The normalized spacial score (nSPS) is 23.8. The lowest BCUT2D eigenvalue weighted by molar-refractivity contribution is -0.150. The Bertz CT molecular complexity index is 1550. The summed E-state index contributed by atoms with van der Waals surface area (Å²) in [6.45, 7) is 0.422. The Balaban J connectivity index is 1.29. The zero-order chi connectivity index (χ0) is 29.4. The molecule has 2 saturated heterocycles. The van der Waals surface area contributed by atoms with Gasteiger partial charge in [0.05, 0.1) is 5.69 Å². The monoisotopic (exact) mass is 609 g/mol. The van der Waals surface area contributed by atoms with Crippen LogP contribution in [0.3, 0.4) is 0 Å². The number of carboxylic acid groups (broad SMARTS) is 1. The van der Waals surface area contributed by atoms with Crippen molar-refractivity contribution >= 4 is 63.2 Å². The van der Waals surface area contributed by atoms with Crippen LogP contribution in [0.1, 0.15) is 43.5 Å². The van der Waals surface area contributed by atoms with Crippen LogP contribution >= 0.6 is 23.1 Å². The molecule has 42 heavy (non-hydrogen) atoms. The fourth-order valence-corrected chi connectivity index (χ4v) is 7.41. The summed E-state index contributed by atoms with van der Waals surface area (Å²) in [4.78, 5) is 67.5. The molecule has 5 heterocycles. The van der Waals surface area contributed by atoms with Crippen molar-refractivity contribution in [3.63, 3.8) is 0 Å². The number of thiazole rings is 1. The molecule has 15 heteroatoms. The van der Waals surface area contributed by atoms with E-state index in [0.29, 0.717) is 35.4 Å². The molecule has 2 aromatic heterocycles. The summed E-state index contributed by atoms with van der Waals surface area (Å²) in [6, 6.07) is 4.17. The van der Waals surface area contributed by atoms with Crippen LogP contribution in [0.15, 0.2) is 51.8 Å². The second kappa shape index (κ2) is 11.6. The maximum Gasteiger partial charge on any atom is 0.352 e. The van der Waals surface area contributed by atoms with E-state index < -0.39 is 29.2 Å². The van der Waals surface area contributed by atoms with E-state index in [2.05, 4.69) is 25.8 Å². The van der Waals surface area contributed by atoms with Crippen LogP contribution in [-0.4, -0.2) is 79.2 Å². The van der Waals surface area contributed by atoms with Gasteiger partial charge in [-0.2, -0.15) is 0 Å². The first-order valence-corrected chi connectivity index (χ1v) is 15.4. The minimum Gasteiger partial charge on any atom is -0.477 e. The minimum absolute atomic E-state index is 0.106. The number of nitrogens with zero attached hydrogens (tertiary/aromatic N) is 4. The number of rotatable bonds is 8. The molecule has 2 aromatic rings. The number of thioether (sulfide) groups is 1. The Kier molecular flexibility index (Phi) is 7.68. The van der Waals surface area contributed by atoms with Gasteiger partial charge in [-0.05, 0) is 44.2 Å². The first-order valence-electron chi connectivity index (χ1n) is 13.4. The van der Waals surface area contributed by atoms with Gasteiger partial charge in [0.1, 0.15) is 28.9 Å². The van der Waals surface area contributed by atoms with E-state index in [0.717, 1.165) is 37.0 Å². The first kappa shape index (κ1) is 27.9. The average Bonchev–Trinajstić information content (AvgIpc) is 3.76. The molecule has 218 valence electrons. The molecule has 6 rings (SSSR count). The quantitative estimate of drug-likeness (QED) is 0.148. The number of carbonyl (C=O) groups is 4. The highest BCUT2D eigenvalue weighted by Gasteiger charge is 2.55. The summed E-state index contributed by atoms with van der Waals surface area (Å²) in [5, 5.41) is 21.0. The summed E-state index contributed by atoms with van der Waals surface area (Å²) in [5.41, 5.74) is 7.28. The lowest BCUT2D eigenvalue weighted by atomic mass is 9.92. The molecule has 4 aliphatic rings. The predicted octanol–water partition coefficient (Wildman–Crippen LogP) is 1.50. The summed E-state index contributed by atoms with van der Waals surface area (Å²) >= 11 is 2.44. The number of allylic oxidation sites excluding steroid dienone is 1. The number of oxime groups is 1. The SMILES string of the molecule is Nc1nc(C(=NOC2CCCC2)C(=O)N[C@@H]2C(=O)N3C(C(=O)O)=C(C(=C4CCNC4=O)c4ccccn4)CS[C@H]23)cs1. The number of carbonyl (C=O) groups excluding carboxylic acids is 3. The molecule has 1 saturated carbocycles. The number of anilines is 1.